The monoisotopic (exact) mass is 775 g/mol. The van der Waals surface area contributed by atoms with Crippen molar-refractivity contribution in [2.75, 3.05) is 0 Å². The van der Waals surface area contributed by atoms with Gasteiger partial charge in [0.25, 0.3) is 0 Å². The number of benzene rings is 5. The normalized spacial score (nSPS) is 11.1. The van der Waals surface area contributed by atoms with Crippen LogP contribution in [0.4, 0.5) is 0 Å². The van der Waals surface area contributed by atoms with E-state index in [-0.39, 0.29) is 20.1 Å². The van der Waals surface area contributed by atoms with E-state index in [1.54, 1.807) is 0 Å². The first-order valence-corrected chi connectivity index (χ1v) is 15.5. The molecular formula is C43H38IrN2-2. The number of aromatic nitrogens is 2. The largest absolute Gasteiger partial charge is 0.304 e. The first-order valence-electron chi connectivity index (χ1n) is 15.5. The summed E-state index contributed by atoms with van der Waals surface area (Å²) < 4.78 is 0. The summed E-state index contributed by atoms with van der Waals surface area (Å²) in [5, 5.41) is 5.10. The predicted molar refractivity (Wildman–Crippen MR) is 190 cm³/mol. The van der Waals surface area contributed by atoms with Gasteiger partial charge in [0.2, 0.25) is 0 Å². The van der Waals surface area contributed by atoms with Crippen LogP contribution in [0.2, 0.25) is 0 Å². The van der Waals surface area contributed by atoms with Crippen LogP contribution in [0.25, 0.3) is 55.2 Å². The Morgan fingerprint density at radius 3 is 2.11 bits per heavy atom. The van der Waals surface area contributed by atoms with E-state index in [2.05, 4.69) is 141 Å². The minimum absolute atomic E-state index is 0. The molecule has 0 unspecified atom stereocenters. The van der Waals surface area contributed by atoms with Crippen LogP contribution in [-0.2, 0) is 26.5 Å². The number of pyridine rings is 2. The molecule has 5 aromatic carbocycles. The molecule has 0 aliphatic carbocycles. The number of hydrogen-bond acceptors (Lipinski definition) is 2. The van der Waals surface area contributed by atoms with E-state index in [0.717, 1.165) is 34.6 Å². The van der Waals surface area contributed by atoms with Crippen molar-refractivity contribution in [3.63, 3.8) is 0 Å². The van der Waals surface area contributed by atoms with Crippen LogP contribution >= 0.6 is 0 Å². The zero-order chi connectivity index (χ0) is 31.4. The van der Waals surface area contributed by atoms with E-state index in [4.69, 9.17) is 0 Å². The van der Waals surface area contributed by atoms with Gasteiger partial charge in [0.05, 0.1) is 0 Å². The van der Waals surface area contributed by atoms with E-state index in [1.807, 2.05) is 43.5 Å². The van der Waals surface area contributed by atoms with Crippen LogP contribution in [0, 0.1) is 31.4 Å². The van der Waals surface area contributed by atoms with E-state index in [0.29, 0.717) is 5.41 Å². The Hall–Kier alpha value is -4.43. The molecule has 1 radical (unpaired) electrons. The number of aryl methyl sites for hydroxylation is 2. The molecule has 0 aliphatic rings. The van der Waals surface area contributed by atoms with Crippen molar-refractivity contribution in [1.82, 2.24) is 9.97 Å². The number of hydrogen-bond donors (Lipinski definition) is 0. The fourth-order valence-corrected chi connectivity index (χ4v) is 5.73. The molecule has 2 aromatic heterocycles. The first kappa shape index (κ1) is 32.9. The second-order valence-electron chi connectivity index (χ2n) is 12.9. The maximum absolute atomic E-state index is 4.66. The zero-order valence-corrected chi connectivity index (χ0v) is 29.5. The van der Waals surface area contributed by atoms with E-state index in [9.17, 15) is 0 Å². The Labute approximate surface area is 287 Å². The second-order valence-corrected chi connectivity index (χ2v) is 12.9. The van der Waals surface area contributed by atoms with Gasteiger partial charge in [-0.1, -0.05) is 100 Å². The third-order valence-electron chi connectivity index (χ3n) is 7.85. The smallest absolute Gasteiger partial charge is 0.0266 e. The molecule has 0 atom stereocenters. The minimum atomic E-state index is 0. The van der Waals surface area contributed by atoms with Gasteiger partial charge in [0.1, 0.15) is 0 Å². The molecule has 231 valence electrons. The summed E-state index contributed by atoms with van der Waals surface area (Å²) in [4.78, 5) is 9.19. The van der Waals surface area contributed by atoms with Gasteiger partial charge in [0, 0.05) is 32.0 Å². The Morgan fingerprint density at radius 2 is 1.41 bits per heavy atom. The van der Waals surface area contributed by atoms with Gasteiger partial charge < -0.3 is 9.97 Å². The zero-order valence-electron chi connectivity index (χ0n) is 27.1. The van der Waals surface area contributed by atoms with Crippen molar-refractivity contribution in [1.29, 1.82) is 0 Å². The fraction of sp³-hybridized carbons (Fsp3) is 0.163. The number of nitrogens with zero attached hydrogens (tertiary/aromatic N) is 2. The molecular weight excluding hydrogens is 737 g/mol. The van der Waals surface area contributed by atoms with Crippen LogP contribution in [0.15, 0.2) is 128 Å². The van der Waals surface area contributed by atoms with Crippen molar-refractivity contribution in [2.45, 2.75) is 41.0 Å². The van der Waals surface area contributed by atoms with Crippen LogP contribution in [0.5, 0.6) is 0 Å². The SMILES string of the molecule is Cc1c[c-]c(-c2ccc(CC(C)(C)C)cn2)cc1.Cc1cccc(-c2[c-]ccc(-c3cc4ccccc4c4ccccc34)c2)n1.[Ir]. The van der Waals surface area contributed by atoms with Gasteiger partial charge in [-0.25, -0.2) is 0 Å². The van der Waals surface area contributed by atoms with Crippen LogP contribution in [0.3, 0.4) is 0 Å². The second kappa shape index (κ2) is 14.3. The Morgan fingerprint density at radius 1 is 0.652 bits per heavy atom. The third-order valence-corrected chi connectivity index (χ3v) is 7.85. The molecule has 2 heterocycles. The van der Waals surface area contributed by atoms with E-state index < -0.39 is 0 Å². The summed E-state index contributed by atoms with van der Waals surface area (Å²) in [5.74, 6) is 0. The van der Waals surface area contributed by atoms with Gasteiger partial charge in [-0.2, -0.15) is 0 Å². The van der Waals surface area contributed by atoms with E-state index in [1.165, 1.54) is 43.8 Å². The van der Waals surface area contributed by atoms with Crippen LogP contribution in [-0.4, -0.2) is 9.97 Å². The topological polar surface area (TPSA) is 25.8 Å². The van der Waals surface area contributed by atoms with Crippen molar-refractivity contribution >= 4 is 21.5 Å². The average molecular weight is 775 g/mol. The summed E-state index contributed by atoms with van der Waals surface area (Å²) in [6.07, 6.45) is 3.03. The maximum atomic E-state index is 4.66. The first-order chi connectivity index (χ1) is 21.7. The average Bonchev–Trinajstić information content (AvgIpc) is 3.05. The number of fused-ring (bicyclic) bond motifs is 3. The third kappa shape index (κ3) is 7.85. The fourth-order valence-electron chi connectivity index (χ4n) is 5.73. The predicted octanol–water partition coefficient (Wildman–Crippen LogP) is 11.3. The summed E-state index contributed by atoms with van der Waals surface area (Å²) in [5.41, 5.74) is 10.3. The Kier molecular flexibility index (Phi) is 10.3. The Balaban J connectivity index is 0.000000193. The maximum Gasteiger partial charge on any atom is 0.0266 e. The molecule has 0 saturated heterocycles. The minimum Gasteiger partial charge on any atom is -0.304 e. The molecule has 46 heavy (non-hydrogen) atoms. The molecule has 2 nitrogen and oxygen atoms in total. The molecule has 0 fully saturated rings. The molecule has 0 bridgehead atoms. The van der Waals surface area contributed by atoms with Crippen molar-refractivity contribution < 1.29 is 20.1 Å². The molecule has 0 spiro atoms. The van der Waals surface area contributed by atoms with Crippen molar-refractivity contribution in [3.8, 4) is 33.6 Å². The molecule has 0 amide bonds. The summed E-state index contributed by atoms with van der Waals surface area (Å²) in [6.45, 7) is 10.8. The Bertz CT molecular complexity index is 2070. The molecule has 0 aliphatic heterocycles. The van der Waals surface area contributed by atoms with Gasteiger partial charge in [-0.3, -0.25) is 0 Å². The summed E-state index contributed by atoms with van der Waals surface area (Å²) in [7, 11) is 0. The standard InChI is InChI=1S/C26H18N.C17H20N.Ir/c1-18-8-6-15-26(27-18)21-11-7-10-19(16-21)25-17-20-9-2-3-12-22(20)23-13-4-5-14-24(23)25;1-13-5-8-15(9-6-13)16-10-7-14(12-18-16)11-17(2,3)4;/h2-10,12-17H,1H3;5-8,10,12H,11H2,1-4H3;/q2*-1;. The van der Waals surface area contributed by atoms with Crippen molar-refractivity contribution in [2.24, 2.45) is 5.41 Å². The molecule has 3 heteroatoms. The van der Waals surface area contributed by atoms with Crippen molar-refractivity contribution in [3.05, 3.63) is 156 Å². The van der Waals surface area contributed by atoms with Crippen LogP contribution in [0.1, 0.15) is 37.6 Å². The quantitative estimate of drug-likeness (QED) is 0.131. The number of rotatable bonds is 4. The van der Waals surface area contributed by atoms with Gasteiger partial charge in [-0.05, 0) is 75.0 Å². The summed E-state index contributed by atoms with van der Waals surface area (Å²) in [6, 6.07) is 49.0. The van der Waals surface area contributed by atoms with Gasteiger partial charge in [0.15, 0.2) is 0 Å². The van der Waals surface area contributed by atoms with Crippen LogP contribution < -0.4 is 0 Å². The molecule has 7 rings (SSSR count). The summed E-state index contributed by atoms with van der Waals surface area (Å²) >= 11 is 0. The van der Waals surface area contributed by atoms with E-state index >= 15 is 0 Å². The molecule has 0 saturated carbocycles. The molecule has 0 N–H and O–H groups in total. The molecule has 7 aromatic rings. The van der Waals surface area contributed by atoms with Gasteiger partial charge >= 0.3 is 0 Å². The van der Waals surface area contributed by atoms with Gasteiger partial charge in [-0.15, -0.1) is 70.8 Å².